The van der Waals surface area contributed by atoms with Gasteiger partial charge in [-0.05, 0) is 31.1 Å². The summed E-state index contributed by atoms with van der Waals surface area (Å²) in [4.78, 5) is 2.33. The molecule has 0 saturated carbocycles. The van der Waals surface area contributed by atoms with Crippen LogP contribution in [-0.4, -0.2) is 28.7 Å². The summed E-state index contributed by atoms with van der Waals surface area (Å²) in [6.45, 7) is 10.9. The quantitative estimate of drug-likeness (QED) is 0.643. The first-order chi connectivity index (χ1) is 9.21. The largest absolute Gasteiger partial charge is 0.384 e. The fourth-order valence-corrected chi connectivity index (χ4v) is 3.28. The number of hydrogen-bond donors (Lipinski definition) is 2. The predicted molar refractivity (Wildman–Crippen MR) is 83.4 cm³/mol. The molecule has 3 N–H and O–H groups in total. The Labute approximate surface area is 121 Å². The molecule has 1 aromatic heterocycles. The van der Waals surface area contributed by atoms with Gasteiger partial charge in [0.05, 0.1) is 11.3 Å². The SMILES string of the molecule is Cc1nn(C)c(N2CCC(C(C)(C)C)CC2)c1C(=N)N. The molecule has 0 aliphatic carbocycles. The van der Waals surface area contributed by atoms with Gasteiger partial charge in [0.2, 0.25) is 0 Å². The molecule has 1 saturated heterocycles. The number of nitrogen functional groups attached to an aromatic ring is 1. The normalized spacial score (nSPS) is 17.6. The van der Waals surface area contributed by atoms with Gasteiger partial charge in [0.15, 0.2) is 0 Å². The molecule has 1 aliphatic rings. The minimum absolute atomic E-state index is 0.114. The van der Waals surface area contributed by atoms with Gasteiger partial charge in [-0.25, -0.2) is 0 Å². The zero-order valence-corrected chi connectivity index (χ0v) is 13.3. The molecule has 2 rings (SSSR count). The second-order valence-corrected chi connectivity index (χ2v) is 6.95. The number of hydrogen-bond acceptors (Lipinski definition) is 3. The van der Waals surface area contributed by atoms with E-state index < -0.39 is 0 Å². The fraction of sp³-hybridized carbons (Fsp3) is 0.733. The van der Waals surface area contributed by atoms with Crippen LogP contribution in [0.25, 0.3) is 0 Å². The zero-order valence-electron chi connectivity index (χ0n) is 13.3. The molecule has 0 atom stereocenters. The van der Waals surface area contributed by atoms with Crippen molar-refractivity contribution in [3.8, 4) is 0 Å². The Kier molecular flexibility index (Phi) is 3.80. The van der Waals surface area contributed by atoms with Crippen LogP contribution < -0.4 is 10.6 Å². The van der Waals surface area contributed by atoms with E-state index in [9.17, 15) is 0 Å². The number of aryl methyl sites for hydroxylation is 2. The first kappa shape index (κ1) is 14.9. The highest BCUT2D eigenvalue weighted by Gasteiger charge is 2.31. The summed E-state index contributed by atoms with van der Waals surface area (Å²) in [6.07, 6.45) is 2.37. The van der Waals surface area contributed by atoms with Gasteiger partial charge in [0, 0.05) is 20.1 Å². The highest BCUT2D eigenvalue weighted by atomic mass is 15.4. The molecule has 0 unspecified atom stereocenters. The summed E-state index contributed by atoms with van der Waals surface area (Å²) in [5.74, 6) is 1.87. The molecule has 0 radical (unpaired) electrons. The van der Waals surface area contributed by atoms with E-state index >= 15 is 0 Å². The van der Waals surface area contributed by atoms with Crippen molar-refractivity contribution in [1.82, 2.24) is 9.78 Å². The van der Waals surface area contributed by atoms with E-state index in [0.717, 1.165) is 36.1 Å². The summed E-state index contributed by atoms with van der Waals surface area (Å²) in [5, 5.41) is 12.2. The van der Waals surface area contributed by atoms with Crippen LogP contribution in [0.5, 0.6) is 0 Å². The van der Waals surface area contributed by atoms with E-state index in [0.29, 0.717) is 5.41 Å². The Morgan fingerprint density at radius 1 is 1.30 bits per heavy atom. The van der Waals surface area contributed by atoms with Gasteiger partial charge in [-0.15, -0.1) is 0 Å². The van der Waals surface area contributed by atoms with Crippen molar-refractivity contribution >= 4 is 11.7 Å². The number of amidine groups is 1. The van der Waals surface area contributed by atoms with Crippen LogP contribution in [0, 0.1) is 23.7 Å². The second-order valence-electron chi connectivity index (χ2n) is 6.95. The Morgan fingerprint density at radius 3 is 2.30 bits per heavy atom. The van der Waals surface area contributed by atoms with Crippen molar-refractivity contribution in [3.05, 3.63) is 11.3 Å². The average molecular weight is 277 g/mol. The maximum atomic E-state index is 7.79. The van der Waals surface area contributed by atoms with Crippen molar-refractivity contribution in [2.75, 3.05) is 18.0 Å². The van der Waals surface area contributed by atoms with Crippen molar-refractivity contribution in [2.24, 2.45) is 24.1 Å². The first-order valence-electron chi connectivity index (χ1n) is 7.34. The van der Waals surface area contributed by atoms with Gasteiger partial charge in [0.25, 0.3) is 0 Å². The number of anilines is 1. The number of aromatic nitrogens is 2. The number of nitrogens with two attached hydrogens (primary N) is 1. The Morgan fingerprint density at radius 2 is 1.85 bits per heavy atom. The smallest absolute Gasteiger partial charge is 0.137 e. The second kappa shape index (κ2) is 5.11. The van der Waals surface area contributed by atoms with Crippen LogP contribution in [0.4, 0.5) is 5.82 Å². The minimum atomic E-state index is 0.114. The molecule has 1 fully saturated rings. The van der Waals surface area contributed by atoms with Crippen molar-refractivity contribution in [1.29, 1.82) is 5.41 Å². The van der Waals surface area contributed by atoms with E-state index in [1.807, 2.05) is 18.7 Å². The highest BCUT2D eigenvalue weighted by Crippen LogP contribution is 2.36. The molecular formula is C15H27N5. The molecule has 0 amide bonds. The fourth-order valence-electron chi connectivity index (χ4n) is 3.28. The Hall–Kier alpha value is -1.52. The molecular weight excluding hydrogens is 250 g/mol. The van der Waals surface area contributed by atoms with Gasteiger partial charge in [-0.3, -0.25) is 10.1 Å². The van der Waals surface area contributed by atoms with E-state index in [4.69, 9.17) is 11.1 Å². The maximum Gasteiger partial charge on any atom is 0.137 e. The molecule has 5 nitrogen and oxygen atoms in total. The van der Waals surface area contributed by atoms with Gasteiger partial charge in [-0.2, -0.15) is 5.10 Å². The van der Waals surface area contributed by atoms with Crippen molar-refractivity contribution in [2.45, 2.75) is 40.5 Å². The molecule has 1 aliphatic heterocycles. The van der Waals surface area contributed by atoms with Crippen molar-refractivity contribution in [3.63, 3.8) is 0 Å². The number of piperidine rings is 1. The Balaban J connectivity index is 2.21. The van der Waals surface area contributed by atoms with E-state index in [1.165, 1.54) is 12.8 Å². The summed E-state index contributed by atoms with van der Waals surface area (Å²) in [6, 6.07) is 0. The summed E-state index contributed by atoms with van der Waals surface area (Å²) in [5.41, 5.74) is 7.74. The molecule has 112 valence electrons. The van der Waals surface area contributed by atoms with Crippen LogP contribution >= 0.6 is 0 Å². The van der Waals surface area contributed by atoms with Crippen LogP contribution in [0.2, 0.25) is 0 Å². The van der Waals surface area contributed by atoms with Crippen LogP contribution in [0.3, 0.4) is 0 Å². The molecule has 1 aromatic rings. The number of nitrogens with zero attached hydrogens (tertiary/aromatic N) is 3. The minimum Gasteiger partial charge on any atom is -0.384 e. The summed E-state index contributed by atoms with van der Waals surface area (Å²) >= 11 is 0. The average Bonchev–Trinajstić information content (AvgIpc) is 2.63. The van der Waals surface area contributed by atoms with E-state index in [-0.39, 0.29) is 5.84 Å². The summed E-state index contributed by atoms with van der Waals surface area (Å²) < 4.78 is 1.86. The lowest BCUT2D eigenvalue weighted by atomic mass is 9.75. The lowest BCUT2D eigenvalue weighted by Crippen LogP contribution is -2.39. The summed E-state index contributed by atoms with van der Waals surface area (Å²) in [7, 11) is 1.94. The third kappa shape index (κ3) is 2.67. The maximum absolute atomic E-state index is 7.79. The van der Waals surface area contributed by atoms with Gasteiger partial charge in [-0.1, -0.05) is 20.8 Å². The Bertz CT molecular complexity index is 501. The molecule has 0 bridgehead atoms. The van der Waals surface area contributed by atoms with Crippen molar-refractivity contribution < 1.29 is 0 Å². The third-order valence-electron chi connectivity index (χ3n) is 4.48. The third-order valence-corrected chi connectivity index (χ3v) is 4.48. The number of rotatable bonds is 2. The van der Waals surface area contributed by atoms with Crippen LogP contribution in [-0.2, 0) is 7.05 Å². The molecule has 0 spiro atoms. The van der Waals surface area contributed by atoms with Gasteiger partial charge < -0.3 is 10.6 Å². The lowest BCUT2D eigenvalue weighted by Gasteiger charge is -2.39. The predicted octanol–water partition coefficient (Wildman–Crippen LogP) is 2.28. The standard InChI is InChI=1S/C15H27N5/c1-10-12(13(16)17)14(19(5)18-10)20-8-6-11(7-9-20)15(2,3)4/h11H,6-9H2,1-5H3,(H3,16,17). The van der Waals surface area contributed by atoms with Crippen LogP contribution in [0.1, 0.15) is 44.9 Å². The lowest BCUT2D eigenvalue weighted by molar-refractivity contribution is 0.198. The zero-order chi connectivity index (χ0) is 15.1. The highest BCUT2D eigenvalue weighted by molar-refractivity contribution is 6.00. The molecule has 5 heteroatoms. The number of nitrogens with one attached hydrogen (secondary N) is 1. The monoisotopic (exact) mass is 277 g/mol. The van der Waals surface area contributed by atoms with E-state index in [2.05, 4.69) is 30.8 Å². The van der Waals surface area contributed by atoms with Crippen LogP contribution in [0.15, 0.2) is 0 Å². The first-order valence-corrected chi connectivity index (χ1v) is 7.34. The van der Waals surface area contributed by atoms with Gasteiger partial charge >= 0.3 is 0 Å². The molecule has 0 aromatic carbocycles. The van der Waals surface area contributed by atoms with Gasteiger partial charge in [0.1, 0.15) is 11.7 Å². The van der Waals surface area contributed by atoms with E-state index in [1.54, 1.807) is 0 Å². The topological polar surface area (TPSA) is 70.9 Å². The molecule has 2 heterocycles. The molecule has 20 heavy (non-hydrogen) atoms.